The van der Waals surface area contributed by atoms with Crippen molar-refractivity contribution in [2.45, 2.75) is 77.9 Å². The van der Waals surface area contributed by atoms with Gasteiger partial charge in [0.05, 0.1) is 10.6 Å². The third-order valence-electron chi connectivity index (χ3n) is 7.48. The van der Waals surface area contributed by atoms with Gasteiger partial charge in [0.25, 0.3) is 10.0 Å². The van der Waals surface area contributed by atoms with Crippen LogP contribution in [-0.2, 0) is 26.2 Å². The highest BCUT2D eigenvalue weighted by Gasteiger charge is 2.34. The molecule has 10 heteroatoms. The van der Waals surface area contributed by atoms with Gasteiger partial charge in [-0.1, -0.05) is 72.9 Å². The average molecular weight is 633 g/mol. The predicted octanol–water partition coefficient (Wildman–Crippen LogP) is 6.84. The highest BCUT2D eigenvalue weighted by Crippen LogP contribution is 2.30. The first-order valence-corrected chi connectivity index (χ1v) is 16.2. The van der Waals surface area contributed by atoms with E-state index < -0.39 is 28.5 Å². The van der Waals surface area contributed by atoms with Crippen LogP contribution in [0.1, 0.15) is 55.9 Å². The number of carbonyl (C=O) groups is 2. The van der Waals surface area contributed by atoms with E-state index in [1.54, 1.807) is 42.5 Å². The standard InChI is InChI=1S/C32H39Cl2N3O4S/c1-7-23(5)35-32(39)29(8-2)36(19-25-14-15-26(33)18-28(25)34)31(38)20-37(30-11-9-10-22(4)24(30)6)42(40,41)27-16-12-21(3)13-17-27/h9-18,23,29H,7-8,19-20H2,1-6H3,(H,35,39). The maximum absolute atomic E-state index is 14.3. The lowest BCUT2D eigenvalue weighted by Gasteiger charge is -2.34. The van der Waals surface area contributed by atoms with E-state index in [2.05, 4.69) is 5.32 Å². The second-order valence-corrected chi connectivity index (χ2v) is 13.2. The van der Waals surface area contributed by atoms with Crippen LogP contribution in [-0.4, -0.2) is 43.8 Å². The molecule has 0 bridgehead atoms. The molecule has 2 unspecified atom stereocenters. The molecule has 3 aromatic rings. The van der Waals surface area contributed by atoms with Gasteiger partial charge in [-0.3, -0.25) is 13.9 Å². The van der Waals surface area contributed by atoms with Crippen molar-refractivity contribution in [1.29, 1.82) is 0 Å². The molecule has 0 saturated carbocycles. The Morgan fingerprint density at radius 3 is 2.19 bits per heavy atom. The summed E-state index contributed by atoms with van der Waals surface area (Å²) in [5.74, 6) is -0.853. The Balaban J connectivity index is 2.13. The normalized spacial score (nSPS) is 12.9. The molecule has 3 aromatic carbocycles. The SMILES string of the molecule is CCC(C)NC(=O)C(CC)N(Cc1ccc(Cl)cc1Cl)C(=O)CN(c1cccc(C)c1C)S(=O)(=O)c1ccc(C)cc1. The molecule has 2 atom stereocenters. The first-order valence-electron chi connectivity index (χ1n) is 14.0. The molecular weight excluding hydrogens is 593 g/mol. The van der Waals surface area contributed by atoms with Crippen molar-refractivity contribution in [2.75, 3.05) is 10.8 Å². The van der Waals surface area contributed by atoms with Gasteiger partial charge in [0.1, 0.15) is 12.6 Å². The van der Waals surface area contributed by atoms with Crippen molar-refractivity contribution < 1.29 is 18.0 Å². The van der Waals surface area contributed by atoms with E-state index in [1.165, 1.54) is 17.0 Å². The third kappa shape index (κ3) is 7.85. The topological polar surface area (TPSA) is 86.8 Å². The molecule has 226 valence electrons. The summed E-state index contributed by atoms with van der Waals surface area (Å²) in [5.41, 5.74) is 3.50. The minimum absolute atomic E-state index is 0.00745. The maximum atomic E-state index is 14.3. The zero-order chi connectivity index (χ0) is 31.2. The summed E-state index contributed by atoms with van der Waals surface area (Å²) in [5, 5.41) is 3.75. The minimum atomic E-state index is -4.16. The van der Waals surface area contributed by atoms with Gasteiger partial charge in [-0.15, -0.1) is 0 Å². The summed E-state index contributed by atoms with van der Waals surface area (Å²) in [6.07, 6.45) is 1.03. The quantitative estimate of drug-likeness (QED) is 0.237. The number of hydrogen-bond donors (Lipinski definition) is 1. The number of benzene rings is 3. The lowest BCUT2D eigenvalue weighted by Crippen LogP contribution is -2.53. The minimum Gasteiger partial charge on any atom is -0.352 e. The van der Waals surface area contributed by atoms with Crippen molar-refractivity contribution in [2.24, 2.45) is 0 Å². The lowest BCUT2D eigenvalue weighted by molar-refractivity contribution is -0.140. The van der Waals surface area contributed by atoms with Gasteiger partial charge < -0.3 is 10.2 Å². The smallest absolute Gasteiger partial charge is 0.264 e. The number of anilines is 1. The Morgan fingerprint density at radius 2 is 1.60 bits per heavy atom. The van der Waals surface area contributed by atoms with Crippen molar-refractivity contribution in [3.05, 3.63) is 93.0 Å². The van der Waals surface area contributed by atoms with Crippen LogP contribution in [0.2, 0.25) is 10.0 Å². The van der Waals surface area contributed by atoms with Gasteiger partial charge in [0.2, 0.25) is 11.8 Å². The molecule has 0 aliphatic rings. The number of aryl methyl sites for hydroxylation is 2. The summed E-state index contributed by atoms with van der Waals surface area (Å²) < 4.78 is 29.4. The number of halogens is 2. The van der Waals surface area contributed by atoms with Crippen LogP contribution in [0.3, 0.4) is 0 Å². The zero-order valence-corrected chi connectivity index (χ0v) is 27.3. The number of carbonyl (C=O) groups excluding carboxylic acids is 2. The summed E-state index contributed by atoms with van der Waals surface area (Å²) in [4.78, 5) is 29.2. The van der Waals surface area contributed by atoms with Crippen molar-refractivity contribution in [1.82, 2.24) is 10.2 Å². The van der Waals surface area contributed by atoms with Crippen molar-refractivity contribution in [3.8, 4) is 0 Å². The monoisotopic (exact) mass is 631 g/mol. The fourth-order valence-corrected chi connectivity index (χ4v) is 6.49. The molecule has 0 heterocycles. The third-order valence-corrected chi connectivity index (χ3v) is 9.84. The fourth-order valence-electron chi connectivity index (χ4n) is 4.55. The Labute approximate surface area is 259 Å². The number of rotatable bonds is 12. The van der Waals surface area contributed by atoms with Crippen LogP contribution in [0.5, 0.6) is 0 Å². The van der Waals surface area contributed by atoms with E-state index in [0.717, 1.165) is 21.0 Å². The van der Waals surface area contributed by atoms with Crippen LogP contribution in [0, 0.1) is 20.8 Å². The van der Waals surface area contributed by atoms with Gasteiger partial charge in [-0.05, 0) is 87.6 Å². The lowest BCUT2D eigenvalue weighted by atomic mass is 10.1. The van der Waals surface area contributed by atoms with Crippen molar-refractivity contribution >= 4 is 50.7 Å². The molecule has 1 N–H and O–H groups in total. The molecule has 0 saturated heterocycles. The van der Waals surface area contributed by atoms with Crippen LogP contribution in [0.4, 0.5) is 5.69 Å². The Hall–Kier alpha value is -3.07. The molecule has 7 nitrogen and oxygen atoms in total. The van der Waals surface area contributed by atoms with Gasteiger partial charge in [0.15, 0.2) is 0 Å². The van der Waals surface area contributed by atoms with Gasteiger partial charge >= 0.3 is 0 Å². The van der Waals surface area contributed by atoms with E-state index in [4.69, 9.17) is 23.2 Å². The number of amides is 2. The first kappa shape index (κ1) is 33.4. The van der Waals surface area contributed by atoms with E-state index in [-0.39, 0.29) is 23.4 Å². The highest BCUT2D eigenvalue weighted by atomic mass is 35.5. The second kappa shape index (κ2) is 14.4. The molecule has 0 aromatic heterocycles. The fraction of sp³-hybridized carbons (Fsp3) is 0.375. The summed E-state index contributed by atoms with van der Waals surface area (Å²) >= 11 is 12.6. The Bertz CT molecular complexity index is 1530. The molecule has 0 fully saturated rings. The molecule has 42 heavy (non-hydrogen) atoms. The summed E-state index contributed by atoms with van der Waals surface area (Å²) in [6, 6.07) is 15.8. The van der Waals surface area contributed by atoms with E-state index >= 15 is 0 Å². The number of sulfonamides is 1. The van der Waals surface area contributed by atoms with Crippen molar-refractivity contribution in [3.63, 3.8) is 0 Å². The van der Waals surface area contributed by atoms with Crippen LogP contribution in [0.25, 0.3) is 0 Å². The molecular formula is C32H39Cl2N3O4S. The molecule has 2 amide bonds. The molecule has 0 radical (unpaired) electrons. The molecule has 0 spiro atoms. The zero-order valence-electron chi connectivity index (χ0n) is 24.9. The number of hydrogen-bond acceptors (Lipinski definition) is 4. The summed E-state index contributed by atoms with van der Waals surface area (Å²) in [6.45, 7) is 10.7. The molecule has 3 rings (SSSR count). The highest BCUT2D eigenvalue weighted by molar-refractivity contribution is 7.92. The summed E-state index contributed by atoms with van der Waals surface area (Å²) in [7, 11) is -4.16. The van der Waals surface area contributed by atoms with E-state index in [0.29, 0.717) is 34.1 Å². The molecule has 0 aliphatic heterocycles. The largest absolute Gasteiger partial charge is 0.352 e. The Morgan fingerprint density at radius 1 is 0.929 bits per heavy atom. The second-order valence-electron chi connectivity index (χ2n) is 10.5. The van der Waals surface area contributed by atoms with E-state index in [9.17, 15) is 18.0 Å². The average Bonchev–Trinajstić information content (AvgIpc) is 2.94. The first-order chi connectivity index (χ1) is 19.8. The molecule has 0 aliphatic carbocycles. The number of nitrogens with zero attached hydrogens (tertiary/aromatic N) is 2. The van der Waals surface area contributed by atoms with Crippen LogP contribution < -0.4 is 9.62 Å². The Kier molecular flexibility index (Phi) is 11.5. The number of nitrogens with one attached hydrogen (secondary N) is 1. The van der Waals surface area contributed by atoms with Gasteiger partial charge in [-0.2, -0.15) is 0 Å². The maximum Gasteiger partial charge on any atom is 0.264 e. The van der Waals surface area contributed by atoms with Gasteiger partial charge in [0, 0.05) is 22.6 Å². The predicted molar refractivity (Wildman–Crippen MR) is 171 cm³/mol. The van der Waals surface area contributed by atoms with Crippen LogP contribution >= 0.6 is 23.2 Å². The van der Waals surface area contributed by atoms with E-state index in [1.807, 2.05) is 47.6 Å². The van der Waals surface area contributed by atoms with Crippen LogP contribution in [0.15, 0.2) is 65.6 Å². The van der Waals surface area contributed by atoms with Gasteiger partial charge in [-0.25, -0.2) is 8.42 Å².